The number of rotatable bonds is 7. The van der Waals surface area contributed by atoms with Crippen LogP contribution in [-0.4, -0.2) is 51.7 Å². The number of carbonyl (C=O) groups excluding carboxylic acids is 2. The van der Waals surface area contributed by atoms with Gasteiger partial charge in [-0.1, -0.05) is 36.4 Å². The Labute approximate surface area is 201 Å². The summed E-state index contributed by atoms with van der Waals surface area (Å²) in [5, 5.41) is 9.43. The van der Waals surface area contributed by atoms with Gasteiger partial charge in [0, 0.05) is 40.3 Å². The second-order valence-electron chi connectivity index (χ2n) is 8.57. The number of halogens is 1. The number of aromatic nitrogens is 3. The van der Waals surface area contributed by atoms with Crippen molar-refractivity contribution in [2.45, 2.75) is 13.0 Å². The van der Waals surface area contributed by atoms with E-state index < -0.39 is 11.8 Å². The van der Waals surface area contributed by atoms with Crippen LogP contribution in [0.1, 0.15) is 17.7 Å². The monoisotopic (exact) mass is 473 g/mol. The molecule has 0 bridgehead atoms. The van der Waals surface area contributed by atoms with Crippen molar-refractivity contribution >= 4 is 62.6 Å². The Bertz CT molecular complexity index is 1510. The Morgan fingerprint density at radius 3 is 2.59 bits per heavy atom. The molecular formula is C26H24ClN5O2. The molecule has 7 nitrogen and oxygen atoms in total. The molecule has 0 unspecified atom stereocenters. The van der Waals surface area contributed by atoms with E-state index in [1.54, 1.807) is 12.3 Å². The highest BCUT2D eigenvalue weighted by atomic mass is 35.5. The van der Waals surface area contributed by atoms with Gasteiger partial charge in [0.05, 0.1) is 22.2 Å². The SMILES string of the molecule is C=Cn1cc(C2=C(c3nn(CCCN(C)C)c4ccc(Cl)cc34)C(=O)NC2=O)c2ccccc21. The van der Waals surface area contributed by atoms with Crippen LogP contribution in [0.5, 0.6) is 0 Å². The third-order valence-electron chi connectivity index (χ3n) is 6.06. The first kappa shape index (κ1) is 22.1. The number of amides is 2. The van der Waals surface area contributed by atoms with Gasteiger partial charge in [-0.3, -0.25) is 19.6 Å². The second kappa shape index (κ2) is 8.59. The lowest BCUT2D eigenvalue weighted by Gasteiger charge is -2.09. The smallest absolute Gasteiger partial charge is 0.261 e. The van der Waals surface area contributed by atoms with E-state index in [2.05, 4.69) is 16.8 Å². The maximum absolute atomic E-state index is 13.1. The van der Waals surface area contributed by atoms with Gasteiger partial charge in [-0.15, -0.1) is 0 Å². The fourth-order valence-electron chi connectivity index (χ4n) is 4.54. The van der Waals surface area contributed by atoms with E-state index in [9.17, 15) is 9.59 Å². The Kier molecular flexibility index (Phi) is 5.59. The van der Waals surface area contributed by atoms with Crippen LogP contribution in [0, 0.1) is 0 Å². The first-order valence-electron chi connectivity index (χ1n) is 11.0. The predicted octanol–water partition coefficient (Wildman–Crippen LogP) is 4.26. The summed E-state index contributed by atoms with van der Waals surface area (Å²) in [6.45, 7) is 5.44. The van der Waals surface area contributed by atoms with E-state index in [0.717, 1.165) is 34.8 Å². The molecule has 1 aliphatic heterocycles. The van der Waals surface area contributed by atoms with Gasteiger partial charge in [-0.05, 0) is 51.3 Å². The van der Waals surface area contributed by atoms with Crippen molar-refractivity contribution in [3.8, 4) is 0 Å². The van der Waals surface area contributed by atoms with Crippen molar-refractivity contribution in [2.24, 2.45) is 0 Å². The summed E-state index contributed by atoms with van der Waals surface area (Å²) < 4.78 is 3.73. The van der Waals surface area contributed by atoms with Gasteiger partial charge in [0.2, 0.25) is 0 Å². The normalized spacial score (nSPS) is 14.1. The highest BCUT2D eigenvalue weighted by Crippen LogP contribution is 2.38. The van der Waals surface area contributed by atoms with Crippen LogP contribution in [-0.2, 0) is 16.1 Å². The molecule has 2 aromatic carbocycles. The van der Waals surface area contributed by atoms with Crippen molar-refractivity contribution in [2.75, 3.05) is 20.6 Å². The summed E-state index contributed by atoms with van der Waals surface area (Å²) in [5.74, 6) is -0.903. The Balaban J connectivity index is 1.75. The van der Waals surface area contributed by atoms with E-state index in [1.165, 1.54) is 0 Å². The van der Waals surface area contributed by atoms with Crippen molar-refractivity contribution < 1.29 is 9.59 Å². The number of imide groups is 1. The number of aryl methyl sites for hydroxylation is 1. The third-order valence-corrected chi connectivity index (χ3v) is 6.30. The van der Waals surface area contributed by atoms with Gasteiger partial charge in [-0.25, -0.2) is 0 Å². The lowest BCUT2D eigenvalue weighted by atomic mass is 9.97. The number of fused-ring (bicyclic) bond motifs is 2. The van der Waals surface area contributed by atoms with E-state index in [1.807, 2.05) is 65.9 Å². The fraction of sp³-hybridized carbons (Fsp3) is 0.192. The molecule has 0 atom stereocenters. The molecule has 1 N–H and O–H groups in total. The molecular weight excluding hydrogens is 450 g/mol. The van der Waals surface area contributed by atoms with Crippen LogP contribution in [0.15, 0.2) is 55.2 Å². The van der Waals surface area contributed by atoms with E-state index in [0.29, 0.717) is 28.4 Å². The molecule has 0 saturated carbocycles. The molecule has 4 aromatic rings. The average Bonchev–Trinajstić information content (AvgIpc) is 3.44. The maximum Gasteiger partial charge on any atom is 0.261 e. The molecule has 0 saturated heterocycles. The van der Waals surface area contributed by atoms with Crippen molar-refractivity contribution in [1.29, 1.82) is 0 Å². The molecule has 34 heavy (non-hydrogen) atoms. The number of hydrogen-bond acceptors (Lipinski definition) is 4. The lowest BCUT2D eigenvalue weighted by Crippen LogP contribution is -2.22. The van der Waals surface area contributed by atoms with Crippen LogP contribution < -0.4 is 5.32 Å². The summed E-state index contributed by atoms with van der Waals surface area (Å²) in [7, 11) is 4.05. The van der Waals surface area contributed by atoms with Gasteiger partial charge < -0.3 is 9.47 Å². The number of benzene rings is 2. The quantitative estimate of drug-likeness (QED) is 0.407. The van der Waals surface area contributed by atoms with Gasteiger partial charge >= 0.3 is 0 Å². The molecule has 2 aromatic heterocycles. The van der Waals surface area contributed by atoms with Gasteiger partial charge in [0.1, 0.15) is 5.69 Å². The zero-order chi connectivity index (χ0) is 24.0. The van der Waals surface area contributed by atoms with Gasteiger partial charge in [-0.2, -0.15) is 5.10 Å². The molecule has 0 radical (unpaired) electrons. The number of nitrogens with zero attached hydrogens (tertiary/aromatic N) is 4. The summed E-state index contributed by atoms with van der Waals surface area (Å²) in [6, 6.07) is 13.2. The van der Waals surface area contributed by atoms with Crippen LogP contribution in [0.2, 0.25) is 5.02 Å². The molecule has 2 amide bonds. The molecule has 0 spiro atoms. The summed E-state index contributed by atoms with van der Waals surface area (Å²) in [5.41, 5.74) is 3.44. The molecule has 8 heteroatoms. The number of nitrogens with one attached hydrogen (secondary N) is 1. The van der Waals surface area contributed by atoms with E-state index >= 15 is 0 Å². The minimum atomic E-state index is -0.463. The lowest BCUT2D eigenvalue weighted by molar-refractivity contribution is -0.122. The van der Waals surface area contributed by atoms with Crippen LogP contribution >= 0.6 is 11.6 Å². The second-order valence-corrected chi connectivity index (χ2v) is 9.01. The van der Waals surface area contributed by atoms with Crippen molar-refractivity contribution in [3.05, 3.63) is 71.5 Å². The van der Waals surface area contributed by atoms with Crippen LogP contribution in [0.25, 0.3) is 39.2 Å². The highest BCUT2D eigenvalue weighted by molar-refractivity contribution is 6.50. The van der Waals surface area contributed by atoms with Crippen molar-refractivity contribution in [1.82, 2.24) is 24.6 Å². The molecule has 172 valence electrons. The van der Waals surface area contributed by atoms with E-state index in [4.69, 9.17) is 16.7 Å². The highest BCUT2D eigenvalue weighted by Gasteiger charge is 2.36. The minimum absolute atomic E-state index is 0.260. The Hall–Kier alpha value is -3.68. The Morgan fingerprint density at radius 1 is 1.06 bits per heavy atom. The first-order valence-corrected chi connectivity index (χ1v) is 11.4. The standard InChI is InChI=1S/C26H24ClN5O2/c1-4-31-15-19(17-8-5-6-9-20(17)31)22-23(26(34)28-25(22)33)24-18-14-16(27)10-11-21(18)32(29-24)13-7-12-30(2)3/h4-6,8-11,14-15H,1,7,12-13H2,2-3H3,(H,28,33,34). The summed E-state index contributed by atoms with van der Waals surface area (Å²) in [4.78, 5) is 28.3. The summed E-state index contributed by atoms with van der Waals surface area (Å²) in [6.07, 6.45) is 4.39. The zero-order valence-corrected chi connectivity index (χ0v) is 19.8. The topological polar surface area (TPSA) is 72.2 Å². The first-order chi connectivity index (χ1) is 16.4. The van der Waals surface area contributed by atoms with Gasteiger partial charge in [0.15, 0.2) is 0 Å². The molecule has 1 aliphatic rings. The number of para-hydroxylation sites is 1. The molecule has 0 fully saturated rings. The molecule has 5 rings (SSSR count). The maximum atomic E-state index is 13.1. The van der Waals surface area contributed by atoms with Gasteiger partial charge in [0.25, 0.3) is 11.8 Å². The largest absolute Gasteiger partial charge is 0.323 e. The van der Waals surface area contributed by atoms with Crippen molar-refractivity contribution in [3.63, 3.8) is 0 Å². The van der Waals surface area contributed by atoms with E-state index in [-0.39, 0.29) is 5.57 Å². The number of hydrogen-bond donors (Lipinski definition) is 1. The molecule has 0 aliphatic carbocycles. The predicted molar refractivity (Wildman–Crippen MR) is 136 cm³/mol. The number of carbonyl (C=O) groups is 2. The molecule has 3 heterocycles. The summed E-state index contributed by atoms with van der Waals surface area (Å²) >= 11 is 6.33. The average molecular weight is 474 g/mol. The fourth-order valence-corrected chi connectivity index (χ4v) is 4.71. The minimum Gasteiger partial charge on any atom is -0.323 e. The Morgan fingerprint density at radius 2 is 1.82 bits per heavy atom. The third kappa shape index (κ3) is 3.63. The van der Waals surface area contributed by atoms with Crippen LogP contribution in [0.3, 0.4) is 0 Å². The van der Waals surface area contributed by atoms with Crippen LogP contribution in [0.4, 0.5) is 0 Å². The zero-order valence-electron chi connectivity index (χ0n) is 19.0.